The third-order valence-electron chi connectivity index (χ3n) is 3.08. The summed E-state index contributed by atoms with van der Waals surface area (Å²) in [5.41, 5.74) is 1.42. The van der Waals surface area contributed by atoms with E-state index < -0.39 is 12.0 Å². The Morgan fingerprint density at radius 3 is 2.52 bits per heavy atom. The highest BCUT2D eigenvalue weighted by atomic mass is 32.2. The number of rotatable bonds is 6. The van der Waals surface area contributed by atoms with Gasteiger partial charge in [-0.1, -0.05) is 18.2 Å². The van der Waals surface area contributed by atoms with Crippen LogP contribution in [0.4, 0.5) is 5.69 Å². The smallest absolute Gasteiger partial charge is 0.330 e. The lowest BCUT2D eigenvalue weighted by molar-refractivity contribution is -0.138. The van der Waals surface area contributed by atoms with E-state index in [1.165, 1.54) is 0 Å². The summed E-state index contributed by atoms with van der Waals surface area (Å²) in [5.74, 6) is -0.239. The van der Waals surface area contributed by atoms with Gasteiger partial charge in [0.1, 0.15) is 5.75 Å². The molecule has 0 aliphatic heterocycles. The lowest BCUT2D eigenvalue weighted by Crippen LogP contribution is -2.20. The molecule has 5 heteroatoms. The SMILES string of the molecule is COc1cccc(NC(C(=O)O)c2ccc(SC)cc2)c1. The molecule has 0 bridgehead atoms. The molecule has 21 heavy (non-hydrogen) atoms. The first-order valence-corrected chi connectivity index (χ1v) is 7.64. The minimum Gasteiger partial charge on any atom is -0.497 e. The number of methoxy groups -OCH3 is 1. The van der Waals surface area contributed by atoms with Gasteiger partial charge in [-0.3, -0.25) is 0 Å². The zero-order valence-corrected chi connectivity index (χ0v) is 12.7. The highest BCUT2D eigenvalue weighted by Crippen LogP contribution is 2.25. The zero-order valence-electron chi connectivity index (χ0n) is 11.9. The number of carboxylic acid groups (broad SMARTS) is 1. The summed E-state index contributed by atoms with van der Waals surface area (Å²) in [7, 11) is 1.58. The number of thioether (sulfide) groups is 1. The van der Waals surface area contributed by atoms with Gasteiger partial charge < -0.3 is 15.2 Å². The highest BCUT2D eigenvalue weighted by molar-refractivity contribution is 7.98. The van der Waals surface area contributed by atoms with Crippen LogP contribution in [0.25, 0.3) is 0 Å². The third-order valence-corrected chi connectivity index (χ3v) is 3.82. The van der Waals surface area contributed by atoms with Crippen molar-refractivity contribution in [3.63, 3.8) is 0 Å². The molecular weight excluding hydrogens is 286 g/mol. The van der Waals surface area contributed by atoms with Crippen molar-refractivity contribution < 1.29 is 14.6 Å². The Bertz CT molecular complexity index is 613. The number of anilines is 1. The molecule has 110 valence electrons. The van der Waals surface area contributed by atoms with Crippen molar-refractivity contribution in [1.82, 2.24) is 0 Å². The Hall–Kier alpha value is -2.14. The van der Waals surface area contributed by atoms with Gasteiger partial charge >= 0.3 is 5.97 Å². The lowest BCUT2D eigenvalue weighted by atomic mass is 10.1. The predicted octanol–water partition coefficient (Wildman–Crippen LogP) is 3.65. The van der Waals surface area contributed by atoms with Crippen molar-refractivity contribution in [2.45, 2.75) is 10.9 Å². The minimum absolute atomic E-state index is 0.682. The molecule has 2 aromatic carbocycles. The average Bonchev–Trinajstić information content (AvgIpc) is 2.52. The van der Waals surface area contributed by atoms with Gasteiger partial charge in [0.25, 0.3) is 0 Å². The van der Waals surface area contributed by atoms with Crippen molar-refractivity contribution in [2.75, 3.05) is 18.7 Å². The molecule has 0 aliphatic carbocycles. The van der Waals surface area contributed by atoms with E-state index in [1.807, 2.05) is 48.7 Å². The molecule has 1 unspecified atom stereocenters. The second-order valence-corrected chi connectivity index (χ2v) is 5.30. The molecule has 0 heterocycles. The molecule has 4 nitrogen and oxygen atoms in total. The fraction of sp³-hybridized carbons (Fsp3) is 0.188. The first kappa shape index (κ1) is 15.3. The van der Waals surface area contributed by atoms with E-state index in [0.717, 1.165) is 4.90 Å². The van der Waals surface area contributed by atoms with Gasteiger partial charge in [-0.2, -0.15) is 0 Å². The van der Waals surface area contributed by atoms with Gasteiger partial charge in [0.05, 0.1) is 7.11 Å². The number of ether oxygens (including phenoxy) is 1. The third kappa shape index (κ3) is 3.92. The Morgan fingerprint density at radius 1 is 1.24 bits per heavy atom. The van der Waals surface area contributed by atoms with Crippen LogP contribution in [-0.2, 0) is 4.79 Å². The van der Waals surface area contributed by atoms with E-state index in [9.17, 15) is 9.90 Å². The van der Waals surface area contributed by atoms with E-state index in [4.69, 9.17) is 4.74 Å². The molecular formula is C16H17NO3S. The molecule has 0 saturated carbocycles. The topological polar surface area (TPSA) is 58.6 Å². The van der Waals surface area contributed by atoms with E-state index in [-0.39, 0.29) is 0 Å². The van der Waals surface area contributed by atoms with Gasteiger partial charge in [-0.15, -0.1) is 11.8 Å². The monoisotopic (exact) mass is 303 g/mol. The maximum Gasteiger partial charge on any atom is 0.330 e. The second kappa shape index (κ2) is 7.04. The maximum atomic E-state index is 11.5. The number of carboxylic acids is 1. The Labute approximate surface area is 128 Å². The summed E-state index contributed by atoms with van der Waals surface area (Å²) in [5, 5.41) is 12.5. The zero-order chi connectivity index (χ0) is 15.2. The van der Waals surface area contributed by atoms with Gasteiger partial charge in [0.2, 0.25) is 0 Å². The van der Waals surface area contributed by atoms with Gasteiger partial charge in [0, 0.05) is 16.6 Å². The summed E-state index contributed by atoms with van der Waals surface area (Å²) < 4.78 is 5.14. The van der Waals surface area contributed by atoms with E-state index in [0.29, 0.717) is 17.0 Å². The van der Waals surface area contributed by atoms with Gasteiger partial charge in [-0.25, -0.2) is 4.79 Å². The molecule has 0 amide bonds. The van der Waals surface area contributed by atoms with E-state index in [2.05, 4.69) is 5.32 Å². The van der Waals surface area contributed by atoms with Crippen LogP contribution in [0.2, 0.25) is 0 Å². The molecule has 0 aromatic heterocycles. The fourth-order valence-corrected chi connectivity index (χ4v) is 2.37. The molecule has 0 aliphatic rings. The van der Waals surface area contributed by atoms with E-state index >= 15 is 0 Å². The number of aliphatic carboxylic acids is 1. The first-order valence-electron chi connectivity index (χ1n) is 6.41. The van der Waals surface area contributed by atoms with E-state index in [1.54, 1.807) is 24.9 Å². The predicted molar refractivity (Wildman–Crippen MR) is 85.2 cm³/mol. The lowest BCUT2D eigenvalue weighted by Gasteiger charge is -2.17. The fourth-order valence-electron chi connectivity index (χ4n) is 1.96. The molecule has 0 fully saturated rings. The summed E-state index contributed by atoms with van der Waals surface area (Å²) in [6.45, 7) is 0. The Balaban J connectivity index is 2.23. The molecule has 2 rings (SSSR count). The molecule has 2 N–H and O–H groups in total. The summed E-state index contributed by atoms with van der Waals surface area (Å²) >= 11 is 1.62. The van der Waals surface area contributed by atoms with Crippen LogP contribution in [0.15, 0.2) is 53.4 Å². The average molecular weight is 303 g/mol. The van der Waals surface area contributed by atoms with Crippen LogP contribution < -0.4 is 10.1 Å². The molecule has 0 saturated heterocycles. The van der Waals surface area contributed by atoms with Crippen molar-refractivity contribution in [3.8, 4) is 5.75 Å². The standard InChI is InChI=1S/C16H17NO3S/c1-20-13-5-3-4-12(10-13)17-15(16(18)19)11-6-8-14(21-2)9-7-11/h3-10,15,17H,1-2H3,(H,18,19). The summed E-state index contributed by atoms with van der Waals surface area (Å²) in [6.07, 6.45) is 1.98. The summed E-state index contributed by atoms with van der Waals surface area (Å²) in [4.78, 5) is 12.6. The molecule has 1 atom stereocenters. The summed E-state index contributed by atoms with van der Waals surface area (Å²) in [6, 6.07) is 13.9. The first-order chi connectivity index (χ1) is 10.1. The number of benzene rings is 2. The normalized spacial score (nSPS) is 11.7. The second-order valence-electron chi connectivity index (χ2n) is 4.42. The van der Waals surface area contributed by atoms with Crippen molar-refractivity contribution >= 4 is 23.4 Å². The maximum absolute atomic E-state index is 11.5. The molecule has 0 radical (unpaired) electrons. The van der Waals surface area contributed by atoms with Crippen molar-refractivity contribution in [3.05, 3.63) is 54.1 Å². The molecule has 2 aromatic rings. The highest BCUT2D eigenvalue weighted by Gasteiger charge is 2.19. The number of hydrogen-bond donors (Lipinski definition) is 2. The van der Waals surface area contributed by atoms with Crippen LogP contribution in [0, 0.1) is 0 Å². The van der Waals surface area contributed by atoms with Gasteiger partial charge in [-0.05, 0) is 36.1 Å². The quantitative estimate of drug-likeness (QED) is 0.798. The van der Waals surface area contributed by atoms with Crippen LogP contribution in [0.1, 0.15) is 11.6 Å². The number of carbonyl (C=O) groups is 1. The van der Waals surface area contributed by atoms with Crippen molar-refractivity contribution in [1.29, 1.82) is 0 Å². The van der Waals surface area contributed by atoms with Gasteiger partial charge in [0.15, 0.2) is 6.04 Å². The van der Waals surface area contributed by atoms with Crippen LogP contribution in [0.5, 0.6) is 5.75 Å². The Morgan fingerprint density at radius 2 is 1.95 bits per heavy atom. The van der Waals surface area contributed by atoms with Crippen LogP contribution >= 0.6 is 11.8 Å². The number of nitrogens with one attached hydrogen (secondary N) is 1. The molecule has 0 spiro atoms. The largest absolute Gasteiger partial charge is 0.497 e. The Kier molecular flexibility index (Phi) is 5.11. The van der Waals surface area contributed by atoms with Crippen LogP contribution in [0.3, 0.4) is 0 Å². The van der Waals surface area contributed by atoms with Crippen molar-refractivity contribution in [2.24, 2.45) is 0 Å². The van der Waals surface area contributed by atoms with Crippen LogP contribution in [-0.4, -0.2) is 24.4 Å². The number of hydrogen-bond acceptors (Lipinski definition) is 4. The minimum atomic E-state index is -0.922.